The molecule has 2 aromatic carbocycles. The van der Waals surface area contributed by atoms with Crippen LogP contribution in [-0.4, -0.2) is 24.4 Å². The van der Waals surface area contributed by atoms with E-state index in [0.717, 1.165) is 0 Å². The van der Waals surface area contributed by atoms with E-state index in [1.54, 1.807) is 49.2 Å². The molecule has 0 saturated carbocycles. The molecule has 1 N–H and O–H groups in total. The van der Waals surface area contributed by atoms with Crippen molar-refractivity contribution in [3.05, 3.63) is 65.2 Å². The highest BCUT2D eigenvalue weighted by Crippen LogP contribution is 2.14. The highest BCUT2D eigenvalue weighted by molar-refractivity contribution is 5.92. The van der Waals surface area contributed by atoms with Gasteiger partial charge in [0.2, 0.25) is 5.91 Å². The number of hydrogen-bond acceptors (Lipinski definition) is 2. The molecule has 0 aliphatic rings. The summed E-state index contributed by atoms with van der Waals surface area (Å²) >= 11 is 0. The molecule has 0 atom stereocenters. The summed E-state index contributed by atoms with van der Waals surface area (Å²) in [5.41, 5.74) is 1.46. The predicted molar refractivity (Wildman–Crippen MR) is 82.5 cm³/mol. The molecule has 2 aromatic rings. The number of anilines is 1. The molecule has 0 aliphatic carbocycles. The highest BCUT2D eigenvalue weighted by Gasteiger charge is 2.10. The Morgan fingerprint density at radius 3 is 2.55 bits per heavy atom. The summed E-state index contributed by atoms with van der Waals surface area (Å²) in [7, 11) is 1.72. The van der Waals surface area contributed by atoms with Crippen LogP contribution in [0.15, 0.2) is 42.5 Å². The van der Waals surface area contributed by atoms with Gasteiger partial charge in [0.05, 0.1) is 6.54 Å². The Labute approximate surface area is 128 Å². The van der Waals surface area contributed by atoms with E-state index in [4.69, 9.17) is 0 Å². The lowest BCUT2D eigenvalue weighted by Crippen LogP contribution is -2.30. The fraction of sp³-hybridized carbons (Fsp3) is 0.235. The van der Waals surface area contributed by atoms with Crippen molar-refractivity contribution in [1.82, 2.24) is 4.90 Å². The Hall–Kier alpha value is -2.27. The average molecular weight is 304 g/mol. The molecule has 0 bridgehead atoms. The van der Waals surface area contributed by atoms with E-state index in [-0.39, 0.29) is 24.1 Å². The lowest BCUT2D eigenvalue weighted by Gasteiger charge is -2.17. The highest BCUT2D eigenvalue weighted by atomic mass is 19.1. The van der Waals surface area contributed by atoms with Crippen LogP contribution in [0.25, 0.3) is 0 Å². The monoisotopic (exact) mass is 304 g/mol. The van der Waals surface area contributed by atoms with Crippen LogP contribution in [0.2, 0.25) is 0 Å². The van der Waals surface area contributed by atoms with Crippen molar-refractivity contribution >= 4 is 11.6 Å². The second kappa shape index (κ2) is 7.13. The predicted octanol–water partition coefficient (Wildman–Crippen LogP) is 3.34. The number of nitrogens with one attached hydrogen (secondary N) is 1. The third-order valence-corrected chi connectivity index (χ3v) is 3.27. The molecule has 0 saturated heterocycles. The van der Waals surface area contributed by atoms with E-state index in [1.807, 2.05) is 0 Å². The van der Waals surface area contributed by atoms with Gasteiger partial charge in [-0.15, -0.1) is 0 Å². The van der Waals surface area contributed by atoms with Gasteiger partial charge in [-0.05, 0) is 37.7 Å². The lowest BCUT2D eigenvalue weighted by atomic mass is 10.2. The zero-order valence-electron chi connectivity index (χ0n) is 12.6. The van der Waals surface area contributed by atoms with Crippen LogP contribution < -0.4 is 5.32 Å². The van der Waals surface area contributed by atoms with Gasteiger partial charge >= 0.3 is 0 Å². The lowest BCUT2D eigenvalue weighted by molar-refractivity contribution is -0.117. The molecule has 2 rings (SSSR count). The Kier molecular flexibility index (Phi) is 5.22. The number of aryl methyl sites for hydroxylation is 1. The van der Waals surface area contributed by atoms with Crippen LogP contribution in [0.3, 0.4) is 0 Å². The number of rotatable bonds is 5. The molecular formula is C17H18F2N2O. The molecule has 5 heteroatoms. The quantitative estimate of drug-likeness (QED) is 0.919. The minimum absolute atomic E-state index is 0.0871. The third-order valence-electron chi connectivity index (χ3n) is 3.27. The normalized spacial score (nSPS) is 10.8. The molecule has 0 spiro atoms. The smallest absolute Gasteiger partial charge is 0.238 e. The first-order chi connectivity index (χ1) is 10.5. The second-order valence-electron chi connectivity index (χ2n) is 5.28. The topological polar surface area (TPSA) is 32.3 Å². The van der Waals surface area contributed by atoms with Gasteiger partial charge in [-0.25, -0.2) is 8.78 Å². The molecule has 0 heterocycles. The first-order valence-corrected chi connectivity index (χ1v) is 6.93. The number of carbonyl (C=O) groups excluding carboxylic acids is 1. The summed E-state index contributed by atoms with van der Waals surface area (Å²) in [6.07, 6.45) is 0. The molecule has 0 unspecified atom stereocenters. The van der Waals surface area contributed by atoms with Gasteiger partial charge in [-0.2, -0.15) is 0 Å². The fourth-order valence-corrected chi connectivity index (χ4v) is 2.09. The maximum atomic E-state index is 13.5. The largest absolute Gasteiger partial charge is 0.325 e. The van der Waals surface area contributed by atoms with Crippen LogP contribution in [0.4, 0.5) is 14.5 Å². The number of halogens is 2. The molecule has 1 amide bonds. The zero-order valence-corrected chi connectivity index (χ0v) is 12.6. The van der Waals surface area contributed by atoms with Gasteiger partial charge in [-0.1, -0.05) is 24.3 Å². The number of carbonyl (C=O) groups is 1. The minimum atomic E-state index is -0.363. The average Bonchev–Trinajstić information content (AvgIpc) is 2.45. The maximum absolute atomic E-state index is 13.5. The van der Waals surface area contributed by atoms with Crippen molar-refractivity contribution in [2.45, 2.75) is 13.5 Å². The van der Waals surface area contributed by atoms with Gasteiger partial charge in [0.1, 0.15) is 11.6 Å². The van der Waals surface area contributed by atoms with Crippen LogP contribution in [0.1, 0.15) is 11.1 Å². The Bertz CT molecular complexity index is 673. The first-order valence-electron chi connectivity index (χ1n) is 6.93. The summed E-state index contributed by atoms with van der Waals surface area (Å²) in [5.74, 6) is -0.935. The summed E-state index contributed by atoms with van der Waals surface area (Å²) in [4.78, 5) is 13.6. The minimum Gasteiger partial charge on any atom is -0.325 e. The summed E-state index contributed by atoms with van der Waals surface area (Å²) in [6.45, 7) is 2.06. The molecule has 22 heavy (non-hydrogen) atoms. The SMILES string of the molecule is Cc1ccc(NC(=O)CN(C)Cc2ccccc2F)cc1F. The van der Waals surface area contributed by atoms with Gasteiger partial charge in [-0.3, -0.25) is 9.69 Å². The van der Waals surface area contributed by atoms with Crippen LogP contribution in [0, 0.1) is 18.6 Å². The summed E-state index contributed by atoms with van der Waals surface area (Å²) in [5, 5.41) is 2.63. The molecule has 3 nitrogen and oxygen atoms in total. The van der Waals surface area contributed by atoms with E-state index < -0.39 is 0 Å². The van der Waals surface area contributed by atoms with Gasteiger partial charge < -0.3 is 5.32 Å². The fourth-order valence-electron chi connectivity index (χ4n) is 2.09. The van der Waals surface area contributed by atoms with Crippen molar-refractivity contribution in [3.8, 4) is 0 Å². The van der Waals surface area contributed by atoms with E-state index in [9.17, 15) is 13.6 Å². The third kappa shape index (κ3) is 4.36. The first kappa shape index (κ1) is 16.1. The van der Waals surface area contributed by atoms with Crippen molar-refractivity contribution in [2.24, 2.45) is 0 Å². The van der Waals surface area contributed by atoms with Crippen molar-refractivity contribution in [2.75, 3.05) is 18.9 Å². The van der Waals surface area contributed by atoms with Crippen molar-refractivity contribution in [1.29, 1.82) is 0 Å². The Morgan fingerprint density at radius 1 is 1.14 bits per heavy atom. The second-order valence-corrected chi connectivity index (χ2v) is 5.28. The maximum Gasteiger partial charge on any atom is 0.238 e. The molecule has 0 radical (unpaired) electrons. The Morgan fingerprint density at radius 2 is 1.86 bits per heavy atom. The number of likely N-dealkylation sites (N-methyl/N-ethyl adjacent to an activating group) is 1. The molecule has 0 aromatic heterocycles. The van der Waals surface area contributed by atoms with Gasteiger partial charge in [0.25, 0.3) is 0 Å². The van der Waals surface area contributed by atoms with E-state index >= 15 is 0 Å². The number of hydrogen-bond donors (Lipinski definition) is 1. The van der Waals surface area contributed by atoms with E-state index in [0.29, 0.717) is 23.4 Å². The van der Waals surface area contributed by atoms with Gasteiger partial charge in [0.15, 0.2) is 0 Å². The van der Waals surface area contributed by atoms with Crippen molar-refractivity contribution < 1.29 is 13.6 Å². The number of benzene rings is 2. The summed E-state index contributed by atoms with van der Waals surface area (Å²) in [6, 6.07) is 11.0. The molecule has 0 aliphatic heterocycles. The number of nitrogens with zero attached hydrogens (tertiary/aromatic N) is 1. The standard InChI is InChI=1S/C17H18F2N2O/c1-12-7-8-14(9-16(12)19)20-17(22)11-21(2)10-13-5-3-4-6-15(13)18/h3-9H,10-11H2,1-2H3,(H,20,22). The van der Waals surface area contributed by atoms with E-state index in [2.05, 4.69) is 5.32 Å². The van der Waals surface area contributed by atoms with Crippen molar-refractivity contribution in [3.63, 3.8) is 0 Å². The number of amides is 1. The molecule has 116 valence electrons. The zero-order chi connectivity index (χ0) is 16.1. The molecule has 0 fully saturated rings. The van der Waals surface area contributed by atoms with Crippen LogP contribution in [-0.2, 0) is 11.3 Å². The van der Waals surface area contributed by atoms with Crippen LogP contribution >= 0.6 is 0 Å². The van der Waals surface area contributed by atoms with E-state index in [1.165, 1.54) is 12.1 Å². The van der Waals surface area contributed by atoms with Gasteiger partial charge in [0, 0.05) is 17.8 Å². The summed E-state index contributed by atoms with van der Waals surface area (Å²) < 4.78 is 27.0. The Balaban J connectivity index is 1.91. The molecular weight excluding hydrogens is 286 g/mol. The van der Waals surface area contributed by atoms with Crippen LogP contribution in [0.5, 0.6) is 0 Å².